The van der Waals surface area contributed by atoms with Gasteiger partial charge in [0, 0.05) is 12.5 Å². The highest BCUT2D eigenvalue weighted by Gasteiger charge is 2.50. The summed E-state index contributed by atoms with van der Waals surface area (Å²) in [7, 11) is 0. The molecule has 4 nitrogen and oxygen atoms in total. The fourth-order valence-electron chi connectivity index (χ4n) is 3.88. The summed E-state index contributed by atoms with van der Waals surface area (Å²) in [5.74, 6) is 0.407. The van der Waals surface area contributed by atoms with Crippen LogP contribution in [0.25, 0.3) is 0 Å². The molecule has 1 fully saturated rings. The number of rotatable bonds is 7. The molecule has 0 aliphatic heterocycles. The van der Waals surface area contributed by atoms with Crippen molar-refractivity contribution in [2.24, 2.45) is 17.3 Å². The molecular weight excluding hydrogens is 290 g/mol. The Balaban J connectivity index is 1.87. The van der Waals surface area contributed by atoms with Gasteiger partial charge >= 0.3 is 5.97 Å². The Bertz CT molecular complexity index is 454. The van der Waals surface area contributed by atoms with Gasteiger partial charge in [-0.15, -0.1) is 0 Å². The molecule has 4 heteroatoms. The summed E-state index contributed by atoms with van der Waals surface area (Å²) in [4.78, 5) is 24.7. The molecule has 0 heterocycles. The molecule has 23 heavy (non-hydrogen) atoms. The van der Waals surface area contributed by atoms with E-state index in [0.29, 0.717) is 18.9 Å². The van der Waals surface area contributed by atoms with E-state index < -0.39 is 5.41 Å². The maximum atomic E-state index is 12.4. The quantitative estimate of drug-likeness (QED) is 0.576. The highest BCUT2D eigenvalue weighted by atomic mass is 16.5. The topological polar surface area (TPSA) is 55.4 Å². The zero-order chi connectivity index (χ0) is 16.9. The van der Waals surface area contributed by atoms with Crippen LogP contribution in [-0.2, 0) is 14.3 Å². The Morgan fingerprint density at radius 2 is 2.04 bits per heavy atom. The summed E-state index contributed by atoms with van der Waals surface area (Å²) in [6.45, 7) is 6.33. The number of hydrogen-bond donors (Lipinski definition) is 1. The van der Waals surface area contributed by atoms with E-state index in [1.54, 1.807) is 0 Å². The molecule has 0 saturated heterocycles. The highest BCUT2D eigenvalue weighted by molar-refractivity contribution is 5.81. The Labute approximate surface area is 140 Å². The van der Waals surface area contributed by atoms with Crippen LogP contribution in [0.2, 0.25) is 0 Å². The van der Waals surface area contributed by atoms with E-state index >= 15 is 0 Å². The summed E-state index contributed by atoms with van der Waals surface area (Å²) in [6, 6.07) is 0.159. The predicted octanol–water partition coefficient (Wildman–Crippen LogP) is 3.61. The van der Waals surface area contributed by atoms with Crippen LogP contribution in [0.3, 0.4) is 0 Å². The molecule has 1 saturated carbocycles. The van der Waals surface area contributed by atoms with Crippen molar-refractivity contribution in [3.05, 3.63) is 12.2 Å². The second-order valence-electron chi connectivity index (χ2n) is 7.21. The highest BCUT2D eigenvalue weighted by Crippen LogP contribution is 2.49. The van der Waals surface area contributed by atoms with Gasteiger partial charge in [0.05, 0.1) is 12.0 Å². The van der Waals surface area contributed by atoms with Gasteiger partial charge in [0.1, 0.15) is 0 Å². The first-order valence-corrected chi connectivity index (χ1v) is 9.13. The fraction of sp³-hybridized carbons (Fsp3) is 0.789. The van der Waals surface area contributed by atoms with Crippen molar-refractivity contribution >= 4 is 11.9 Å². The van der Waals surface area contributed by atoms with Gasteiger partial charge in [-0.2, -0.15) is 0 Å². The average Bonchev–Trinajstić information content (AvgIpc) is 2.47. The zero-order valence-electron chi connectivity index (χ0n) is 14.8. The summed E-state index contributed by atoms with van der Waals surface area (Å²) in [5, 5.41) is 3.13. The van der Waals surface area contributed by atoms with Gasteiger partial charge in [-0.25, -0.2) is 0 Å². The molecule has 0 spiro atoms. The van der Waals surface area contributed by atoms with Crippen molar-refractivity contribution in [3.63, 3.8) is 0 Å². The lowest BCUT2D eigenvalue weighted by Crippen LogP contribution is -2.47. The van der Waals surface area contributed by atoms with Crippen LogP contribution in [0.15, 0.2) is 12.2 Å². The van der Waals surface area contributed by atoms with Crippen molar-refractivity contribution in [1.82, 2.24) is 5.32 Å². The minimum Gasteiger partial charge on any atom is -0.466 e. The van der Waals surface area contributed by atoms with Gasteiger partial charge in [0.15, 0.2) is 0 Å². The number of allylic oxidation sites excluding steroid dienone is 1. The van der Waals surface area contributed by atoms with Crippen molar-refractivity contribution in [3.8, 4) is 0 Å². The van der Waals surface area contributed by atoms with E-state index in [9.17, 15) is 9.59 Å². The van der Waals surface area contributed by atoms with E-state index in [1.165, 1.54) is 6.42 Å². The fourth-order valence-corrected chi connectivity index (χ4v) is 3.88. The van der Waals surface area contributed by atoms with Crippen LogP contribution >= 0.6 is 0 Å². The van der Waals surface area contributed by atoms with Crippen molar-refractivity contribution in [2.45, 2.75) is 71.8 Å². The first kappa shape index (κ1) is 18.0. The molecule has 130 valence electrons. The Morgan fingerprint density at radius 1 is 1.30 bits per heavy atom. The Hall–Kier alpha value is -1.32. The Morgan fingerprint density at radius 3 is 2.57 bits per heavy atom. The van der Waals surface area contributed by atoms with Gasteiger partial charge < -0.3 is 10.1 Å². The number of nitrogens with one attached hydrogen (secondary N) is 1. The van der Waals surface area contributed by atoms with Crippen molar-refractivity contribution in [2.75, 3.05) is 6.61 Å². The average molecular weight is 321 g/mol. The molecule has 2 rings (SSSR count). The molecule has 1 N–H and O–H groups in total. The summed E-state index contributed by atoms with van der Waals surface area (Å²) in [6.07, 6.45) is 11.1. The smallest absolute Gasteiger partial charge is 0.312 e. The number of amides is 1. The second-order valence-corrected chi connectivity index (χ2v) is 7.21. The number of carbonyl (C=O) groups is 2. The molecule has 0 aromatic rings. The van der Waals surface area contributed by atoms with E-state index in [0.717, 1.165) is 32.1 Å². The van der Waals surface area contributed by atoms with Gasteiger partial charge in [-0.3, -0.25) is 9.59 Å². The summed E-state index contributed by atoms with van der Waals surface area (Å²) in [5.41, 5.74) is -0.429. The van der Waals surface area contributed by atoms with Crippen LogP contribution in [0.5, 0.6) is 0 Å². The van der Waals surface area contributed by atoms with Crippen LogP contribution in [-0.4, -0.2) is 24.5 Å². The van der Waals surface area contributed by atoms with Gasteiger partial charge in [-0.05, 0) is 57.8 Å². The Kier molecular flexibility index (Phi) is 6.25. The molecular formula is C19H31NO3. The number of ether oxygens (including phenoxy) is 1. The van der Waals surface area contributed by atoms with Crippen molar-refractivity contribution in [1.29, 1.82) is 0 Å². The van der Waals surface area contributed by atoms with E-state index in [2.05, 4.69) is 24.4 Å². The van der Waals surface area contributed by atoms with Crippen molar-refractivity contribution < 1.29 is 14.3 Å². The molecule has 0 aromatic heterocycles. The lowest BCUT2D eigenvalue weighted by molar-refractivity contribution is -0.166. The third-order valence-electron chi connectivity index (χ3n) is 5.69. The van der Waals surface area contributed by atoms with Crippen LogP contribution < -0.4 is 5.32 Å². The molecule has 1 amide bonds. The minimum absolute atomic E-state index is 0.0318. The first-order valence-electron chi connectivity index (χ1n) is 9.13. The van der Waals surface area contributed by atoms with Crippen LogP contribution in [0, 0.1) is 17.3 Å². The number of carbonyl (C=O) groups excluding carboxylic acids is 2. The van der Waals surface area contributed by atoms with Gasteiger partial charge in [0.25, 0.3) is 0 Å². The van der Waals surface area contributed by atoms with Crippen LogP contribution in [0.1, 0.15) is 65.7 Å². The normalized spacial score (nSPS) is 25.1. The first-order chi connectivity index (χ1) is 11.0. The second kappa shape index (κ2) is 7.98. The number of esters is 1. The van der Waals surface area contributed by atoms with E-state index in [-0.39, 0.29) is 23.8 Å². The lowest BCUT2D eigenvalue weighted by Gasteiger charge is -2.43. The predicted molar refractivity (Wildman–Crippen MR) is 90.8 cm³/mol. The summed E-state index contributed by atoms with van der Waals surface area (Å²) >= 11 is 0. The number of hydrogen-bond acceptors (Lipinski definition) is 3. The van der Waals surface area contributed by atoms with Gasteiger partial charge in [0.2, 0.25) is 5.91 Å². The zero-order valence-corrected chi connectivity index (χ0v) is 14.8. The summed E-state index contributed by atoms with van der Waals surface area (Å²) < 4.78 is 5.25. The maximum absolute atomic E-state index is 12.4. The van der Waals surface area contributed by atoms with E-state index in [1.807, 2.05) is 13.8 Å². The molecule has 0 aromatic carbocycles. The SMILES string of the molecule is CCOC(=O)C1(C(C)CC(=O)NC(C)C2C=CCCC2)CCC1. The lowest BCUT2D eigenvalue weighted by atomic mass is 9.60. The third kappa shape index (κ3) is 4.15. The van der Waals surface area contributed by atoms with Gasteiger partial charge in [-0.1, -0.05) is 25.5 Å². The molecule has 3 unspecified atom stereocenters. The van der Waals surface area contributed by atoms with Crippen LogP contribution in [0.4, 0.5) is 0 Å². The molecule has 0 radical (unpaired) electrons. The molecule has 2 aliphatic rings. The largest absolute Gasteiger partial charge is 0.466 e. The third-order valence-corrected chi connectivity index (χ3v) is 5.69. The minimum atomic E-state index is -0.429. The maximum Gasteiger partial charge on any atom is 0.312 e. The standard InChI is InChI=1S/C19H31NO3/c1-4-23-18(22)19(11-8-12-19)14(2)13-17(21)20-15(3)16-9-6-5-7-10-16/h6,9,14-16H,4-5,7-8,10-13H2,1-3H3,(H,20,21). The molecule has 0 bridgehead atoms. The monoisotopic (exact) mass is 321 g/mol. The van der Waals surface area contributed by atoms with E-state index in [4.69, 9.17) is 4.74 Å². The molecule has 2 aliphatic carbocycles. The molecule has 3 atom stereocenters.